The normalized spacial score (nSPS) is 18.2. The zero-order chi connectivity index (χ0) is 13.9. The van der Waals surface area contributed by atoms with Gasteiger partial charge in [-0.15, -0.1) is 0 Å². The summed E-state index contributed by atoms with van der Waals surface area (Å²) in [7, 11) is 0. The van der Waals surface area contributed by atoms with Gasteiger partial charge >= 0.3 is 0 Å². The summed E-state index contributed by atoms with van der Waals surface area (Å²) in [5.74, 6) is 0.0739. The minimum Gasteiger partial charge on any atom is -0.332 e. The number of benzene rings is 1. The molecule has 3 rings (SSSR count). The molecular weight excluding hydrogens is 272 g/mol. The van der Waals surface area contributed by atoms with Crippen LogP contribution in [0.25, 0.3) is 0 Å². The van der Waals surface area contributed by atoms with Gasteiger partial charge in [0.15, 0.2) is 0 Å². The molecule has 102 valence electrons. The lowest BCUT2D eigenvalue weighted by molar-refractivity contribution is 0.0735. The number of carbonyl (C=O) groups is 1. The van der Waals surface area contributed by atoms with E-state index in [1.807, 2.05) is 29.2 Å². The zero-order valence-electron chi connectivity index (χ0n) is 11.0. The smallest absolute Gasteiger partial charge is 0.254 e. The van der Waals surface area contributed by atoms with Crippen molar-refractivity contribution in [1.29, 1.82) is 0 Å². The number of rotatable bonds is 2. The van der Waals surface area contributed by atoms with E-state index in [-0.39, 0.29) is 11.9 Å². The van der Waals surface area contributed by atoms with E-state index in [0.717, 1.165) is 30.0 Å². The third kappa shape index (κ3) is 2.54. The Balaban J connectivity index is 1.86. The van der Waals surface area contributed by atoms with E-state index in [2.05, 4.69) is 4.98 Å². The first-order valence-electron chi connectivity index (χ1n) is 6.72. The fourth-order valence-corrected chi connectivity index (χ4v) is 2.83. The molecule has 0 saturated carbocycles. The summed E-state index contributed by atoms with van der Waals surface area (Å²) >= 11 is 5.93. The minimum absolute atomic E-state index is 0.0739. The minimum atomic E-state index is 0.0739. The number of carbonyl (C=O) groups excluding carboxylic acids is 1. The molecular formula is C16H15ClN2O. The molecule has 0 N–H and O–H groups in total. The maximum atomic E-state index is 12.6. The maximum absolute atomic E-state index is 12.6. The third-order valence-electron chi connectivity index (χ3n) is 3.70. The van der Waals surface area contributed by atoms with Crippen LogP contribution in [-0.2, 0) is 0 Å². The average Bonchev–Trinajstić information content (AvgIpc) is 2.97. The highest BCUT2D eigenvalue weighted by Gasteiger charge is 2.30. The highest BCUT2D eigenvalue weighted by molar-refractivity contribution is 6.30. The lowest BCUT2D eigenvalue weighted by Crippen LogP contribution is -2.30. The first-order valence-corrected chi connectivity index (χ1v) is 7.10. The van der Waals surface area contributed by atoms with Crippen LogP contribution in [0.1, 0.15) is 34.8 Å². The SMILES string of the molecule is O=C(c1ccncc1)N1CCCC1c1ccc(Cl)cc1. The van der Waals surface area contributed by atoms with E-state index in [1.54, 1.807) is 24.5 Å². The first kappa shape index (κ1) is 13.1. The van der Waals surface area contributed by atoms with Crippen molar-refractivity contribution in [2.45, 2.75) is 18.9 Å². The Kier molecular flexibility index (Phi) is 3.70. The fourth-order valence-electron chi connectivity index (χ4n) is 2.70. The molecule has 3 nitrogen and oxygen atoms in total. The van der Waals surface area contributed by atoms with Crippen molar-refractivity contribution in [3.63, 3.8) is 0 Å². The lowest BCUT2D eigenvalue weighted by Gasteiger charge is -2.25. The molecule has 20 heavy (non-hydrogen) atoms. The van der Waals surface area contributed by atoms with Crippen molar-refractivity contribution in [2.24, 2.45) is 0 Å². The number of aromatic nitrogens is 1. The summed E-state index contributed by atoms with van der Waals surface area (Å²) in [5.41, 5.74) is 1.84. The van der Waals surface area contributed by atoms with Gasteiger partial charge in [0.05, 0.1) is 6.04 Å². The van der Waals surface area contributed by atoms with Crippen LogP contribution in [0.4, 0.5) is 0 Å². The van der Waals surface area contributed by atoms with Gasteiger partial charge in [-0.2, -0.15) is 0 Å². The number of likely N-dealkylation sites (tertiary alicyclic amines) is 1. The predicted molar refractivity (Wildman–Crippen MR) is 78.7 cm³/mol. The van der Waals surface area contributed by atoms with Gasteiger partial charge in [-0.3, -0.25) is 9.78 Å². The van der Waals surface area contributed by atoms with Crippen LogP contribution < -0.4 is 0 Å². The van der Waals surface area contributed by atoms with Crippen molar-refractivity contribution >= 4 is 17.5 Å². The summed E-state index contributed by atoms with van der Waals surface area (Å²) in [6, 6.07) is 11.4. The van der Waals surface area contributed by atoms with Crippen LogP contribution in [0, 0.1) is 0 Å². The molecule has 1 aromatic carbocycles. The second-order valence-corrected chi connectivity index (χ2v) is 5.38. The Morgan fingerprint density at radius 1 is 1.15 bits per heavy atom. The van der Waals surface area contributed by atoms with E-state index in [0.29, 0.717) is 5.56 Å². The molecule has 0 spiro atoms. The molecule has 1 aliphatic heterocycles. The van der Waals surface area contributed by atoms with Gasteiger partial charge in [0, 0.05) is 29.5 Å². The summed E-state index contributed by atoms with van der Waals surface area (Å²) < 4.78 is 0. The second kappa shape index (κ2) is 5.63. The number of nitrogens with zero attached hydrogens (tertiary/aromatic N) is 2. The van der Waals surface area contributed by atoms with Gasteiger partial charge < -0.3 is 4.90 Å². The van der Waals surface area contributed by atoms with Crippen molar-refractivity contribution in [1.82, 2.24) is 9.88 Å². The number of pyridine rings is 1. The molecule has 1 aliphatic rings. The fraction of sp³-hybridized carbons (Fsp3) is 0.250. The molecule has 1 aromatic heterocycles. The van der Waals surface area contributed by atoms with Gasteiger partial charge in [-0.25, -0.2) is 0 Å². The van der Waals surface area contributed by atoms with Crippen LogP contribution in [0.3, 0.4) is 0 Å². The van der Waals surface area contributed by atoms with Crippen molar-refractivity contribution < 1.29 is 4.79 Å². The quantitative estimate of drug-likeness (QED) is 0.843. The van der Waals surface area contributed by atoms with Gasteiger partial charge in [0.1, 0.15) is 0 Å². The zero-order valence-corrected chi connectivity index (χ0v) is 11.8. The summed E-state index contributed by atoms with van der Waals surface area (Å²) in [4.78, 5) is 18.5. The molecule has 1 atom stereocenters. The van der Waals surface area contributed by atoms with Crippen molar-refractivity contribution in [3.8, 4) is 0 Å². The van der Waals surface area contributed by atoms with Gasteiger partial charge in [-0.05, 0) is 42.7 Å². The topological polar surface area (TPSA) is 33.2 Å². The Morgan fingerprint density at radius 2 is 1.85 bits per heavy atom. The average molecular weight is 287 g/mol. The number of hydrogen-bond acceptors (Lipinski definition) is 2. The van der Waals surface area contributed by atoms with E-state index in [9.17, 15) is 4.79 Å². The molecule has 2 heterocycles. The molecule has 0 bridgehead atoms. The van der Waals surface area contributed by atoms with E-state index < -0.39 is 0 Å². The lowest BCUT2D eigenvalue weighted by atomic mass is 10.0. The molecule has 4 heteroatoms. The molecule has 0 radical (unpaired) electrons. The largest absolute Gasteiger partial charge is 0.332 e. The summed E-state index contributed by atoms with van der Waals surface area (Å²) in [6.45, 7) is 0.800. The summed E-state index contributed by atoms with van der Waals surface area (Å²) in [5, 5.41) is 0.721. The highest BCUT2D eigenvalue weighted by Crippen LogP contribution is 2.33. The molecule has 1 fully saturated rings. The molecule has 0 aliphatic carbocycles. The molecule has 1 saturated heterocycles. The third-order valence-corrected chi connectivity index (χ3v) is 3.95. The Hall–Kier alpha value is -1.87. The van der Waals surface area contributed by atoms with Crippen LogP contribution in [0.15, 0.2) is 48.8 Å². The Bertz CT molecular complexity index is 598. The second-order valence-electron chi connectivity index (χ2n) is 4.94. The van der Waals surface area contributed by atoms with Gasteiger partial charge in [-0.1, -0.05) is 23.7 Å². The predicted octanol–water partition coefficient (Wildman–Crippen LogP) is 3.71. The van der Waals surface area contributed by atoms with Crippen molar-refractivity contribution in [3.05, 3.63) is 64.9 Å². The first-order chi connectivity index (χ1) is 9.75. The van der Waals surface area contributed by atoms with Crippen LogP contribution in [-0.4, -0.2) is 22.3 Å². The van der Waals surface area contributed by atoms with Crippen LogP contribution in [0.2, 0.25) is 5.02 Å². The van der Waals surface area contributed by atoms with Crippen LogP contribution in [0.5, 0.6) is 0 Å². The van der Waals surface area contributed by atoms with Crippen LogP contribution >= 0.6 is 11.6 Å². The molecule has 2 aromatic rings. The van der Waals surface area contributed by atoms with E-state index in [1.165, 1.54) is 0 Å². The van der Waals surface area contributed by atoms with Gasteiger partial charge in [0.2, 0.25) is 0 Å². The summed E-state index contributed by atoms with van der Waals surface area (Å²) in [6.07, 6.45) is 5.34. The van der Waals surface area contributed by atoms with Crippen molar-refractivity contribution in [2.75, 3.05) is 6.54 Å². The Labute approximate surface area is 123 Å². The molecule has 1 unspecified atom stereocenters. The monoisotopic (exact) mass is 286 g/mol. The van der Waals surface area contributed by atoms with Gasteiger partial charge in [0.25, 0.3) is 5.91 Å². The number of amides is 1. The number of halogens is 1. The van der Waals surface area contributed by atoms with E-state index >= 15 is 0 Å². The molecule has 1 amide bonds. The Morgan fingerprint density at radius 3 is 2.55 bits per heavy atom. The van der Waals surface area contributed by atoms with E-state index in [4.69, 9.17) is 11.6 Å². The maximum Gasteiger partial charge on any atom is 0.254 e. The number of hydrogen-bond donors (Lipinski definition) is 0. The standard InChI is InChI=1S/C16H15ClN2O/c17-14-5-3-12(4-6-14)15-2-1-11-19(15)16(20)13-7-9-18-10-8-13/h3-10,15H,1-2,11H2. The highest BCUT2D eigenvalue weighted by atomic mass is 35.5.